The summed E-state index contributed by atoms with van der Waals surface area (Å²) in [6.07, 6.45) is 2.21. The average Bonchev–Trinajstić information content (AvgIpc) is 3.04. The molecule has 0 amide bonds. The van der Waals surface area contributed by atoms with Crippen molar-refractivity contribution in [2.24, 2.45) is 0 Å². The molecule has 0 spiro atoms. The zero-order valence-electron chi connectivity index (χ0n) is 15.2. The van der Waals surface area contributed by atoms with E-state index >= 15 is 0 Å². The molecule has 0 aliphatic carbocycles. The van der Waals surface area contributed by atoms with Gasteiger partial charge in [-0.25, -0.2) is 9.37 Å². The molecular formula is C21H24FN3S. The van der Waals surface area contributed by atoms with Crippen LogP contribution in [0.15, 0.2) is 42.5 Å². The molecule has 1 atom stereocenters. The zero-order chi connectivity index (χ0) is 18.1. The summed E-state index contributed by atoms with van der Waals surface area (Å²) in [5.74, 6) is -0.184. The van der Waals surface area contributed by atoms with Gasteiger partial charge in [-0.3, -0.25) is 0 Å². The number of piperidine rings is 1. The van der Waals surface area contributed by atoms with E-state index in [4.69, 9.17) is 4.98 Å². The number of aryl methyl sites for hydroxylation is 1. The molecule has 1 aromatic heterocycles. The van der Waals surface area contributed by atoms with Crippen LogP contribution in [0.4, 0.5) is 4.39 Å². The van der Waals surface area contributed by atoms with Crippen LogP contribution in [-0.4, -0.2) is 36.1 Å². The molecule has 1 fully saturated rings. The summed E-state index contributed by atoms with van der Waals surface area (Å²) in [6, 6.07) is 13.8. The lowest BCUT2D eigenvalue weighted by molar-refractivity contribution is 0.229. The van der Waals surface area contributed by atoms with Crippen molar-refractivity contribution in [3.05, 3.63) is 64.4 Å². The number of para-hydroxylation sites is 1. The van der Waals surface area contributed by atoms with Crippen molar-refractivity contribution in [1.29, 1.82) is 0 Å². The number of halogens is 1. The third-order valence-corrected chi connectivity index (χ3v) is 6.18. The number of likely N-dealkylation sites (tertiary alicyclic amines) is 1. The van der Waals surface area contributed by atoms with Gasteiger partial charge >= 0.3 is 0 Å². The molecule has 1 aliphatic rings. The SMILES string of the molecule is Cc1cc(F)cc(C(NC2CCN(C)CC2)c2nc3ccccc3s2)c1. The molecule has 1 saturated heterocycles. The number of nitrogens with one attached hydrogen (secondary N) is 1. The maximum atomic E-state index is 14.1. The Kier molecular flexibility index (Phi) is 5.02. The minimum absolute atomic E-state index is 0.0739. The van der Waals surface area contributed by atoms with Crippen molar-refractivity contribution in [2.75, 3.05) is 20.1 Å². The highest BCUT2D eigenvalue weighted by atomic mass is 32.1. The third-order valence-electron chi connectivity index (χ3n) is 5.08. The number of hydrogen-bond acceptors (Lipinski definition) is 4. The molecule has 1 unspecified atom stereocenters. The van der Waals surface area contributed by atoms with Gasteiger partial charge in [-0.1, -0.05) is 18.2 Å². The van der Waals surface area contributed by atoms with Crippen molar-refractivity contribution in [1.82, 2.24) is 15.2 Å². The predicted octanol–water partition coefficient (Wildman–Crippen LogP) is 4.52. The second-order valence-electron chi connectivity index (χ2n) is 7.26. The molecule has 2 aromatic carbocycles. The van der Waals surface area contributed by atoms with Crippen LogP contribution in [-0.2, 0) is 0 Å². The van der Waals surface area contributed by atoms with Crippen LogP contribution in [0.5, 0.6) is 0 Å². The molecule has 0 bridgehead atoms. The molecule has 2 heterocycles. The van der Waals surface area contributed by atoms with E-state index in [1.807, 2.05) is 25.1 Å². The van der Waals surface area contributed by atoms with E-state index in [1.165, 1.54) is 4.70 Å². The second kappa shape index (κ2) is 7.43. The summed E-state index contributed by atoms with van der Waals surface area (Å²) in [7, 11) is 2.16. The van der Waals surface area contributed by atoms with Gasteiger partial charge in [-0.15, -0.1) is 11.3 Å². The van der Waals surface area contributed by atoms with Crippen molar-refractivity contribution >= 4 is 21.6 Å². The summed E-state index contributed by atoms with van der Waals surface area (Å²) in [5.41, 5.74) is 2.91. The predicted molar refractivity (Wildman–Crippen MR) is 106 cm³/mol. The van der Waals surface area contributed by atoms with Gasteiger partial charge in [0.15, 0.2) is 0 Å². The standard InChI is InChI=1S/C21H24FN3S/c1-14-11-15(13-16(22)12-14)20(23-17-7-9-25(2)10-8-17)21-24-18-5-3-4-6-19(18)26-21/h3-6,11-13,17,20,23H,7-10H2,1-2H3. The van der Waals surface area contributed by atoms with Gasteiger partial charge in [0, 0.05) is 6.04 Å². The first-order valence-corrected chi connectivity index (χ1v) is 9.97. The van der Waals surface area contributed by atoms with Gasteiger partial charge in [0.05, 0.1) is 16.3 Å². The van der Waals surface area contributed by atoms with Crippen LogP contribution in [0.2, 0.25) is 0 Å². The topological polar surface area (TPSA) is 28.2 Å². The molecule has 4 rings (SSSR count). The number of nitrogens with zero attached hydrogens (tertiary/aromatic N) is 2. The third kappa shape index (κ3) is 3.80. The van der Waals surface area contributed by atoms with E-state index in [-0.39, 0.29) is 11.9 Å². The molecule has 5 heteroatoms. The first-order valence-electron chi connectivity index (χ1n) is 9.15. The summed E-state index contributed by atoms with van der Waals surface area (Å²) in [4.78, 5) is 7.21. The summed E-state index contributed by atoms with van der Waals surface area (Å²) >= 11 is 1.69. The molecule has 1 N–H and O–H groups in total. The Morgan fingerprint density at radius 1 is 1.19 bits per heavy atom. The van der Waals surface area contributed by atoms with Gasteiger partial charge in [0.25, 0.3) is 0 Å². The van der Waals surface area contributed by atoms with Crippen molar-refractivity contribution in [3.8, 4) is 0 Å². The number of aromatic nitrogens is 1. The Balaban J connectivity index is 1.70. The fraction of sp³-hybridized carbons (Fsp3) is 0.381. The van der Waals surface area contributed by atoms with Gasteiger partial charge in [0.2, 0.25) is 0 Å². The summed E-state index contributed by atoms with van der Waals surface area (Å²) in [6.45, 7) is 4.12. The van der Waals surface area contributed by atoms with Gasteiger partial charge in [-0.05, 0) is 75.3 Å². The van der Waals surface area contributed by atoms with E-state index in [1.54, 1.807) is 23.5 Å². The van der Waals surface area contributed by atoms with E-state index in [0.29, 0.717) is 6.04 Å². The van der Waals surface area contributed by atoms with Crippen LogP contribution in [0, 0.1) is 12.7 Å². The smallest absolute Gasteiger partial charge is 0.123 e. The number of thiazole rings is 1. The fourth-order valence-electron chi connectivity index (χ4n) is 3.67. The van der Waals surface area contributed by atoms with Crippen molar-refractivity contribution < 1.29 is 4.39 Å². The highest BCUT2D eigenvalue weighted by molar-refractivity contribution is 7.18. The molecular weight excluding hydrogens is 345 g/mol. The Morgan fingerprint density at radius 2 is 1.96 bits per heavy atom. The average molecular weight is 370 g/mol. The van der Waals surface area contributed by atoms with E-state index in [0.717, 1.165) is 47.6 Å². The summed E-state index contributed by atoms with van der Waals surface area (Å²) < 4.78 is 15.3. The van der Waals surface area contributed by atoms with Crippen molar-refractivity contribution in [3.63, 3.8) is 0 Å². The Labute approximate surface area is 157 Å². The van der Waals surface area contributed by atoms with E-state index in [9.17, 15) is 4.39 Å². The maximum Gasteiger partial charge on any atom is 0.123 e. The highest BCUT2D eigenvalue weighted by Gasteiger charge is 2.25. The Morgan fingerprint density at radius 3 is 2.69 bits per heavy atom. The molecule has 3 aromatic rings. The Hall–Kier alpha value is -1.82. The van der Waals surface area contributed by atoms with E-state index < -0.39 is 0 Å². The Bertz CT molecular complexity index is 846. The number of benzene rings is 2. The van der Waals surface area contributed by atoms with Crippen LogP contribution in [0.25, 0.3) is 10.2 Å². The van der Waals surface area contributed by atoms with Crippen LogP contribution in [0.3, 0.4) is 0 Å². The maximum absolute atomic E-state index is 14.1. The summed E-state index contributed by atoms with van der Waals surface area (Å²) in [5, 5.41) is 4.79. The van der Waals surface area contributed by atoms with Crippen LogP contribution >= 0.6 is 11.3 Å². The lowest BCUT2D eigenvalue weighted by Crippen LogP contribution is -2.42. The van der Waals surface area contributed by atoms with E-state index in [2.05, 4.69) is 29.4 Å². The van der Waals surface area contributed by atoms with Crippen LogP contribution in [0.1, 0.15) is 35.0 Å². The van der Waals surface area contributed by atoms with Crippen LogP contribution < -0.4 is 5.32 Å². The molecule has 1 aliphatic heterocycles. The van der Waals surface area contributed by atoms with Crippen molar-refractivity contribution in [2.45, 2.75) is 31.8 Å². The van der Waals surface area contributed by atoms with Gasteiger partial charge in [-0.2, -0.15) is 0 Å². The minimum Gasteiger partial charge on any atom is -0.306 e. The quantitative estimate of drug-likeness (QED) is 0.733. The minimum atomic E-state index is -0.184. The first-order chi connectivity index (χ1) is 12.6. The first kappa shape index (κ1) is 17.6. The number of rotatable bonds is 4. The highest BCUT2D eigenvalue weighted by Crippen LogP contribution is 2.32. The largest absolute Gasteiger partial charge is 0.306 e. The lowest BCUT2D eigenvalue weighted by atomic mass is 10.00. The zero-order valence-corrected chi connectivity index (χ0v) is 16.0. The number of hydrogen-bond donors (Lipinski definition) is 1. The monoisotopic (exact) mass is 369 g/mol. The lowest BCUT2D eigenvalue weighted by Gasteiger charge is -2.32. The second-order valence-corrected chi connectivity index (χ2v) is 8.32. The number of fused-ring (bicyclic) bond motifs is 1. The molecule has 0 radical (unpaired) electrons. The molecule has 3 nitrogen and oxygen atoms in total. The van der Waals surface area contributed by atoms with Gasteiger partial charge < -0.3 is 10.2 Å². The van der Waals surface area contributed by atoms with Gasteiger partial charge in [0.1, 0.15) is 10.8 Å². The molecule has 26 heavy (non-hydrogen) atoms. The molecule has 136 valence electrons. The normalized spacial score (nSPS) is 17.7. The fourth-order valence-corrected chi connectivity index (χ4v) is 4.72. The molecule has 0 saturated carbocycles.